The highest BCUT2D eigenvalue weighted by Gasteiger charge is 2.44. The average Bonchev–Trinajstić information content (AvgIpc) is 2.64. The number of carbonyl (C=O) groups is 11. The number of allylic oxidation sites excluding steroid dienone is 2. The van der Waals surface area contributed by atoms with Crippen LogP contribution in [0.5, 0.6) is 0 Å². The second-order valence-corrected chi connectivity index (χ2v) is 26.0. The molecule has 0 aromatic heterocycles. The van der Waals surface area contributed by atoms with Crippen molar-refractivity contribution < 1.29 is 52.7 Å². The molecule has 1 fully saturated rings. The van der Waals surface area contributed by atoms with Gasteiger partial charge in [0.15, 0.2) is 0 Å². The molecular formula is C62H111N11O11. The summed E-state index contributed by atoms with van der Waals surface area (Å²) >= 11 is 0. The minimum atomic E-state index is -1.21. The van der Waals surface area contributed by atoms with Gasteiger partial charge in [-0.3, -0.25) is 52.7 Å². The number of nitrogens with zero attached hydrogens (tertiary/aromatic N) is 7. The Balaban J connectivity index is 4.27. The molecule has 84 heavy (non-hydrogen) atoms. The smallest absolute Gasteiger partial charge is 0.246 e. The Morgan fingerprint density at radius 2 is 0.821 bits per heavy atom. The Morgan fingerprint density at radius 1 is 0.429 bits per heavy atom. The number of hydrogen-bond donors (Lipinski definition) is 4. The van der Waals surface area contributed by atoms with Gasteiger partial charge < -0.3 is 55.6 Å². The summed E-state index contributed by atoms with van der Waals surface area (Å²) in [5.74, 6) is -8.30. The van der Waals surface area contributed by atoms with E-state index >= 15 is 9.59 Å². The van der Waals surface area contributed by atoms with Crippen LogP contribution in [0.25, 0.3) is 0 Å². The maximum atomic E-state index is 15.1. The van der Waals surface area contributed by atoms with Crippen LogP contribution in [0, 0.1) is 41.4 Å². The van der Waals surface area contributed by atoms with Gasteiger partial charge in [0.25, 0.3) is 0 Å². The van der Waals surface area contributed by atoms with E-state index in [1.165, 1.54) is 97.5 Å². The molecule has 0 bridgehead atoms. The van der Waals surface area contributed by atoms with Crippen molar-refractivity contribution in [2.24, 2.45) is 41.4 Å². The Labute approximate surface area is 504 Å². The van der Waals surface area contributed by atoms with Crippen LogP contribution in [0.3, 0.4) is 0 Å². The van der Waals surface area contributed by atoms with E-state index in [2.05, 4.69) is 21.3 Å². The molecule has 0 aliphatic carbocycles. The molecule has 1 heterocycles. The lowest BCUT2D eigenvalue weighted by atomic mass is 9.93. The van der Waals surface area contributed by atoms with E-state index in [1.54, 1.807) is 34.6 Å². The van der Waals surface area contributed by atoms with Gasteiger partial charge in [0.2, 0.25) is 65.0 Å². The van der Waals surface area contributed by atoms with Crippen molar-refractivity contribution in [1.82, 2.24) is 55.6 Å². The monoisotopic (exact) mass is 1190 g/mol. The van der Waals surface area contributed by atoms with Gasteiger partial charge in [-0.15, -0.1) is 0 Å². The van der Waals surface area contributed by atoms with Crippen LogP contribution in [0.4, 0.5) is 0 Å². The summed E-state index contributed by atoms with van der Waals surface area (Å²) < 4.78 is 0. The van der Waals surface area contributed by atoms with Crippen LogP contribution < -0.4 is 21.3 Å². The van der Waals surface area contributed by atoms with E-state index in [4.69, 9.17) is 0 Å². The van der Waals surface area contributed by atoms with Gasteiger partial charge in [0, 0.05) is 49.3 Å². The maximum absolute atomic E-state index is 15.1. The topological polar surface area (TPSA) is 259 Å². The number of hydrogen-bond acceptors (Lipinski definition) is 11. The van der Waals surface area contributed by atoms with E-state index in [0.717, 1.165) is 0 Å². The standard InChI is InChI=1S/C62H111N11O11/c1-25-27-28-41(15)33-47-55(77)65-44(26-2)58(80)67(18)34-50(74)68(19)45(29-35(3)4)56(78)66-51(39(11)12)61(83)69(20)46(30-36(5)6)54(76)63-42(16)53(75)64-43(17)57(79)71(22)48(31-37(7)8)59(81)72(23)49(32-38(9)10)60(82)73(24)52(40(13)14)62(84)70(47)21/h25,27,35-49,51-52H,26,28-34H2,1-24H3,(H,63,76)(H,64,75)(H,65,77)(H,66,78)/b27-25+/t41-,42+,43-,44+,45+,46+,47+,48+,49+,51?,52+/m1/s1. The molecule has 1 aliphatic rings. The fourth-order valence-electron chi connectivity index (χ4n) is 10.6. The van der Waals surface area contributed by atoms with Gasteiger partial charge in [-0.05, 0) is 107 Å². The lowest BCUT2D eigenvalue weighted by Gasteiger charge is -2.41. The molecule has 1 saturated heterocycles. The van der Waals surface area contributed by atoms with Gasteiger partial charge >= 0.3 is 0 Å². The fraction of sp³-hybridized carbons (Fsp3) is 0.790. The minimum Gasteiger partial charge on any atom is -0.343 e. The normalized spacial score (nSPS) is 26.7. The first kappa shape index (κ1) is 75.9. The van der Waals surface area contributed by atoms with E-state index in [-0.39, 0.29) is 68.1 Å². The molecule has 4 N–H and O–H groups in total. The second-order valence-electron chi connectivity index (χ2n) is 26.0. The minimum absolute atomic E-state index is 0.110. The quantitative estimate of drug-likeness (QED) is 0.168. The fourth-order valence-corrected chi connectivity index (χ4v) is 10.6. The van der Waals surface area contributed by atoms with Crippen LogP contribution >= 0.6 is 0 Å². The summed E-state index contributed by atoms with van der Waals surface area (Å²) in [7, 11) is 10.3. The van der Waals surface area contributed by atoms with Crippen LogP contribution in [0.1, 0.15) is 163 Å². The number of carbonyl (C=O) groups excluding carboxylic acids is 11. The molecule has 480 valence electrons. The van der Waals surface area contributed by atoms with Crippen molar-refractivity contribution in [2.75, 3.05) is 55.9 Å². The molecule has 1 rings (SSSR count). The van der Waals surface area contributed by atoms with Gasteiger partial charge in [-0.2, -0.15) is 0 Å². The van der Waals surface area contributed by atoms with E-state index in [1.807, 2.05) is 81.4 Å². The van der Waals surface area contributed by atoms with E-state index in [0.29, 0.717) is 6.42 Å². The third-order valence-corrected chi connectivity index (χ3v) is 15.9. The molecule has 0 aromatic carbocycles. The summed E-state index contributed by atoms with van der Waals surface area (Å²) in [5, 5.41) is 11.1. The highest BCUT2D eigenvalue weighted by molar-refractivity contribution is 5.99. The zero-order valence-electron chi connectivity index (χ0n) is 55.7. The molecule has 1 unspecified atom stereocenters. The lowest BCUT2D eigenvalue weighted by molar-refractivity contribution is -0.156. The highest BCUT2D eigenvalue weighted by Crippen LogP contribution is 2.25. The molecule has 22 nitrogen and oxygen atoms in total. The molecule has 0 radical (unpaired) electrons. The highest BCUT2D eigenvalue weighted by atomic mass is 16.2. The van der Waals surface area contributed by atoms with Crippen molar-refractivity contribution in [2.45, 2.75) is 223 Å². The molecule has 0 aromatic rings. The summed E-state index contributed by atoms with van der Waals surface area (Å²) in [6.07, 6.45) is 5.43. The molecule has 11 amide bonds. The Morgan fingerprint density at radius 3 is 1.27 bits per heavy atom. The van der Waals surface area contributed by atoms with Crippen LogP contribution in [-0.2, 0) is 52.7 Å². The average molecular weight is 1190 g/mol. The summed E-state index contributed by atoms with van der Waals surface area (Å²) in [4.78, 5) is 169. The SMILES string of the molecule is C/C=C/C[C@@H](C)C[C@H]1C(=O)N[C@@H](CC)C(=O)N(C)CC(=O)N(C)[C@@H](CC(C)C)C(=O)NC(C(C)C)C(=O)N(C)[C@@H](CC(C)C)C(=O)N[C@@H](C)C(=O)N[C@H](C)C(=O)N(C)[C@@H](CC(C)C)C(=O)N(C)[C@@H](CC(C)C)C(=O)N(C)[C@@H](C(C)C)C(=O)N1C. The molecular weight excluding hydrogens is 1070 g/mol. The summed E-state index contributed by atoms with van der Waals surface area (Å²) in [6, 6.07) is -11.4. The molecule has 22 heteroatoms. The van der Waals surface area contributed by atoms with Crippen molar-refractivity contribution in [3.63, 3.8) is 0 Å². The zero-order chi connectivity index (χ0) is 65.1. The molecule has 0 spiro atoms. The van der Waals surface area contributed by atoms with Crippen LogP contribution in [-0.4, -0.2) is 216 Å². The number of rotatable bonds is 15. The first-order valence-corrected chi connectivity index (χ1v) is 30.5. The molecule has 1 aliphatic heterocycles. The van der Waals surface area contributed by atoms with E-state index < -0.39 is 144 Å². The van der Waals surface area contributed by atoms with Crippen LogP contribution in [0.15, 0.2) is 12.2 Å². The van der Waals surface area contributed by atoms with E-state index in [9.17, 15) is 43.2 Å². The first-order valence-electron chi connectivity index (χ1n) is 30.5. The lowest BCUT2D eigenvalue weighted by Crippen LogP contribution is -2.61. The zero-order valence-corrected chi connectivity index (χ0v) is 55.7. The Hall–Kier alpha value is -6.09. The van der Waals surface area contributed by atoms with Crippen molar-refractivity contribution in [3.05, 3.63) is 12.2 Å². The van der Waals surface area contributed by atoms with Gasteiger partial charge in [-0.25, -0.2) is 0 Å². The van der Waals surface area contributed by atoms with Gasteiger partial charge in [-0.1, -0.05) is 109 Å². The largest absolute Gasteiger partial charge is 0.343 e. The maximum Gasteiger partial charge on any atom is 0.246 e. The van der Waals surface area contributed by atoms with Crippen molar-refractivity contribution in [1.29, 1.82) is 0 Å². The Bertz CT molecular complexity index is 2290. The number of likely N-dealkylation sites (N-methyl/N-ethyl adjacent to an activating group) is 7. The summed E-state index contributed by atoms with van der Waals surface area (Å²) in [5.41, 5.74) is 0. The van der Waals surface area contributed by atoms with Crippen molar-refractivity contribution >= 4 is 65.0 Å². The molecule has 0 saturated carbocycles. The van der Waals surface area contributed by atoms with Crippen molar-refractivity contribution in [3.8, 4) is 0 Å². The number of nitrogens with one attached hydrogen (secondary N) is 4. The Kier molecular flexibility index (Phi) is 31.4. The number of amides is 11. The van der Waals surface area contributed by atoms with Gasteiger partial charge in [0.1, 0.15) is 60.4 Å². The third-order valence-electron chi connectivity index (χ3n) is 15.9. The second kappa shape index (κ2) is 34.8. The van der Waals surface area contributed by atoms with Crippen LogP contribution in [0.2, 0.25) is 0 Å². The molecule has 11 atom stereocenters. The summed E-state index contributed by atoms with van der Waals surface area (Å²) in [6.45, 7) is 30.1. The third kappa shape index (κ3) is 21.8. The van der Waals surface area contributed by atoms with Gasteiger partial charge in [0.05, 0.1) is 6.54 Å². The predicted molar refractivity (Wildman–Crippen MR) is 327 cm³/mol. The first-order chi connectivity index (χ1) is 38.8. The predicted octanol–water partition coefficient (Wildman–Crippen LogP) is 4.30.